The summed E-state index contributed by atoms with van der Waals surface area (Å²) in [6.07, 6.45) is -6.08. The molecule has 1 aromatic rings. The molecule has 0 saturated carbocycles. The van der Waals surface area contributed by atoms with Gasteiger partial charge in [0.1, 0.15) is 17.4 Å². The van der Waals surface area contributed by atoms with Crippen LogP contribution in [0.25, 0.3) is 0 Å². The fourth-order valence-electron chi connectivity index (χ4n) is 1.38. The SMILES string of the molecule is COc1cc(F)c([C@@H](N)CC(F)(F)F)c(F)c1. The summed E-state index contributed by atoms with van der Waals surface area (Å²) in [4.78, 5) is 0. The Morgan fingerprint density at radius 2 is 1.71 bits per heavy atom. The zero-order chi connectivity index (χ0) is 13.2. The Hall–Kier alpha value is -1.37. The Labute approximate surface area is 94.2 Å². The van der Waals surface area contributed by atoms with Crippen LogP contribution in [0.2, 0.25) is 0 Å². The van der Waals surface area contributed by atoms with E-state index >= 15 is 0 Å². The van der Waals surface area contributed by atoms with Gasteiger partial charge in [0.15, 0.2) is 0 Å². The fraction of sp³-hybridized carbons (Fsp3) is 0.400. The van der Waals surface area contributed by atoms with Crippen LogP contribution in [0, 0.1) is 11.6 Å². The van der Waals surface area contributed by atoms with Crippen LogP contribution in [-0.4, -0.2) is 13.3 Å². The third-order valence-corrected chi connectivity index (χ3v) is 2.11. The van der Waals surface area contributed by atoms with Gasteiger partial charge in [-0.3, -0.25) is 0 Å². The molecule has 0 spiro atoms. The second-order valence-electron chi connectivity index (χ2n) is 3.43. The quantitative estimate of drug-likeness (QED) is 0.843. The molecule has 7 heteroatoms. The van der Waals surface area contributed by atoms with E-state index in [9.17, 15) is 22.0 Å². The summed E-state index contributed by atoms with van der Waals surface area (Å²) in [5, 5.41) is 0. The lowest BCUT2D eigenvalue weighted by atomic mass is 10.0. The van der Waals surface area contributed by atoms with Crippen molar-refractivity contribution >= 4 is 0 Å². The predicted octanol–water partition coefficient (Wildman–Crippen LogP) is 2.93. The largest absolute Gasteiger partial charge is 0.497 e. The van der Waals surface area contributed by atoms with E-state index in [4.69, 9.17) is 5.73 Å². The molecule has 0 saturated heterocycles. The first kappa shape index (κ1) is 13.7. The third kappa shape index (κ3) is 3.55. The van der Waals surface area contributed by atoms with Crippen molar-refractivity contribution in [1.82, 2.24) is 0 Å². The summed E-state index contributed by atoms with van der Waals surface area (Å²) in [5.74, 6) is -2.43. The summed E-state index contributed by atoms with van der Waals surface area (Å²) in [5.41, 5.74) is 4.34. The zero-order valence-corrected chi connectivity index (χ0v) is 8.81. The number of hydrogen-bond donors (Lipinski definition) is 1. The highest BCUT2D eigenvalue weighted by molar-refractivity contribution is 5.32. The smallest absolute Gasteiger partial charge is 0.390 e. The number of halogens is 5. The molecular weight excluding hydrogens is 245 g/mol. The first-order chi connectivity index (χ1) is 7.74. The first-order valence-corrected chi connectivity index (χ1v) is 4.60. The highest BCUT2D eigenvalue weighted by atomic mass is 19.4. The molecule has 1 atom stereocenters. The monoisotopic (exact) mass is 255 g/mol. The Bertz CT molecular complexity index is 381. The van der Waals surface area contributed by atoms with Gasteiger partial charge in [-0.05, 0) is 0 Å². The Morgan fingerprint density at radius 3 is 2.06 bits per heavy atom. The highest BCUT2D eigenvalue weighted by Gasteiger charge is 2.33. The van der Waals surface area contributed by atoms with Crippen LogP contribution in [-0.2, 0) is 0 Å². The maximum atomic E-state index is 13.4. The molecule has 0 unspecified atom stereocenters. The van der Waals surface area contributed by atoms with Crippen molar-refractivity contribution in [3.8, 4) is 5.75 Å². The van der Waals surface area contributed by atoms with Crippen LogP contribution in [0.15, 0.2) is 12.1 Å². The number of benzene rings is 1. The van der Waals surface area contributed by atoms with Crippen LogP contribution >= 0.6 is 0 Å². The number of rotatable bonds is 3. The predicted molar refractivity (Wildman–Crippen MR) is 50.5 cm³/mol. The highest BCUT2D eigenvalue weighted by Crippen LogP contribution is 2.32. The molecule has 0 fully saturated rings. The molecule has 96 valence electrons. The number of methoxy groups -OCH3 is 1. The zero-order valence-electron chi connectivity index (χ0n) is 8.81. The average molecular weight is 255 g/mol. The normalized spacial score (nSPS) is 13.6. The van der Waals surface area contributed by atoms with Gasteiger partial charge in [-0.25, -0.2) is 8.78 Å². The van der Waals surface area contributed by atoms with Crippen LogP contribution in [0.1, 0.15) is 18.0 Å². The van der Waals surface area contributed by atoms with Gasteiger partial charge in [0.05, 0.1) is 13.5 Å². The van der Waals surface area contributed by atoms with Crippen molar-refractivity contribution in [1.29, 1.82) is 0 Å². The summed E-state index contributed by atoms with van der Waals surface area (Å²) >= 11 is 0. The van der Waals surface area contributed by atoms with Gasteiger partial charge in [0.25, 0.3) is 0 Å². The maximum absolute atomic E-state index is 13.4. The summed E-state index contributed by atoms with van der Waals surface area (Å²) in [6.45, 7) is 0. The molecule has 1 aromatic carbocycles. The van der Waals surface area contributed by atoms with E-state index in [0.717, 1.165) is 12.1 Å². The molecule has 1 rings (SSSR count). The van der Waals surface area contributed by atoms with Crippen molar-refractivity contribution in [2.45, 2.75) is 18.6 Å². The topological polar surface area (TPSA) is 35.2 Å². The molecule has 17 heavy (non-hydrogen) atoms. The van der Waals surface area contributed by atoms with E-state index in [1.54, 1.807) is 0 Å². The third-order valence-electron chi connectivity index (χ3n) is 2.11. The summed E-state index contributed by atoms with van der Waals surface area (Å²) in [6, 6.07) is -0.204. The minimum absolute atomic E-state index is 0.122. The molecule has 0 aliphatic rings. The van der Waals surface area contributed by atoms with Gasteiger partial charge in [-0.2, -0.15) is 13.2 Å². The lowest BCUT2D eigenvalue weighted by Gasteiger charge is -2.16. The number of hydrogen-bond acceptors (Lipinski definition) is 2. The summed E-state index contributed by atoms with van der Waals surface area (Å²) < 4.78 is 67.4. The molecule has 0 heterocycles. The Morgan fingerprint density at radius 1 is 1.24 bits per heavy atom. The number of ether oxygens (including phenoxy) is 1. The van der Waals surface area contributed by atoms with Gasteiger partial charge in [0.2, 0.25) is 0 Å². The van der Waals surface area contributed by atoms with E-state index in [1.807, 2.05) is 0 Å². The van der Waals surface area contributed by atoms with Crippen LogP contribution in [0.5, 0.6) is 5.75 Å². The van der Waals surface area contributed by atoms with Crippen LogP contribution < -0.4 is 10.5 Å². The lowest BCUT2D eigenvalue weighted by Crippen LogP contribution is -2.22. The van der Waals surface area contributed by atoms with E-state index in [-0.39, 0.29) is 5.75 Å². The van der Waals surface area contributed by atoms with Crippen molar-refractivity contribution in [3.63, 3.8) is 0 Å². The van der Waals surface area contributed by atoms with E-state index in [1.165, 1.54) is 7.11 Å². The first-order valence-electron chi connectivity index (χ1n) is 4.60. The molecule has 0 aromatic heterocycles. The van der Waals surface area contributed by atoms with Gasteiger partial charge in [-0.1, -0.05) is 0 Å². The Balaban J connectivity index is 3.06. The minimum atomic E-state index is -4.59. The lowest BCUT2D eigenvalue weighted by molar-refractivity contribution is -0.138. The van der Waals surface area contributed by atoms with Crippen molar-refractivity contribution in [3.05, 3.63) is 29.3 Å². The van der Waals surface area contributed by atoms with Gasteiger partial charge >= 0.3 is 6.18 Å². The average Bonchev–Trinajstić information content (AvgIpc) is 2.13. The standard InChI is InChI=1S/C10H10F5NO/c1-17-5-2-6(11)9(7(12)3-5)8(16)4-10(13,14)15/h2-3,8H,4,16H2,1H3/t8-/m0/s1. The number of alkyl halides is 3. The van der Waals surface area contributed by atoms with Crippen LogP contribution in [0.4, 0.5) is 22.0 Å². The molecule has 0 amide bonds. The molecule has 0 aliphatic carbocycles. The van der Waals surface area contributed by atoms with Gasteiger partial charge in [0, 0.05) is 23.7 Å². The Kier molecular flexibility index (Phi) is 3.92. The van der Waals surface area contributed by atoms with Crippen molar-refractivity contribution < 1.29 is 26.7 Å². The molecule has 0 aliphatic heterocycles. The maximum Gasteiger partial charge on any atom is 0.390 e. The second kappa shape index (κ2) is 4.87. The number of nitrogens with two attached hydrogens (primary N) is 1. The molecule has 0 radical (unpaired) electrons. The fourth-order valence-corrected chi connectivity index (χ4v) is 1.38. The van der Waals surface area contributed by atoms with Crippen molar-refractivity contribution in [2.75, 3.05) is 7.11 Å². The van der Waals surface area contributed by atoms with E-state index in [2.05, 4.69) is 4.74 Å². The van der Waals surface area contributed by atoms with Crippen LogP contribution in [0.3, 0.4) is 0 Å². The van der Waals surface area contributed by atoms with Gasteiger partial charge < -0.3 is 10.5 Å². The minimum Gasteiger partial charge on any atom is -0.497 e. The molecule has 2 nitrogen and oxygen atoms in total. The van der Waals surface area contributed by atoms with E-state index < -0.39 is 35.8 Å². The summed E-state index contributed by atoms with van der Waals surface area (Å²) in [7, 11) is 1.18. The van der Waals surface area contributed by atoms with Gasteiger partial charge in [-0.15, -0.1) is 0 Å². The molecular formula is C10H10F5NO. The van der Waals surface area contributed by atoms with E-state index in [0.29, 0.717) is 0 Å². The molecule has 2 N–H and O–H groups in total. The van der Waals surface area contributed by atoms with Crippen molar-refractivity contribution in [2.24, 2.45) is 5.73 Å². The molecule has 0 bridgehead atoms. The second-order valence-corrected chi connectivity index (χ2v) is 3.43.